The number of carbonyl (C=O) groups excluding carboxylic acids is 1. The molecule has 2 unspecified atom stereocenters. The molecule has 0 aliphatic carbocycles. The van der Waals surface area contributed by atoms with E-state index < -0.39 is 0 Å². The van der Waals surface area contributed by atoms with Crippen molar-refractivity contribution < 1.29 is 13.9 Å². The number of carbonyl (C=O) groups is 1. The maximum absolute atomic E-state index is 13.0. The summed E-state index contributed by atoms with van der Waals surface area (Å²) < 4.78 is 18.8. The fraction of sp³-hybridized carbons (Fsp3) is 0.588. The average molecular weight is 308 g/mol. The van der Waals surface area contributed by atoms with Gasteiger partial charge in [0.1, 0.15) is 5.82 Å². The maximum atomic E-state index is 13.0. The van der Waals surface area contributed by atoms with Crippen LogP contribution in [0.1, 0.15) is 39.4 Å². The first-order valence-corrected chi connectivity index (χ1v) is 7.69. The van der Waals surface area contributed by atoms with Gasteiger partial charge >= 0.3 is 0 Å². The first kappa shape index (κ1) is 16.9. The van der Waals surface area contributed by atoms with Crippen LogP contribution >= 0.6 is 0 Å². The van der Waals surface area contributed by atoms with E-state index in [4.69, 9.17) is 4.74 Å². The van der Waals surface area contributed by atoms with Crippen molar-refractivity contribution in [2.24, 2.45) is 0 Å². The molecule has 22 heavy (non-hydrogen) atoms. The molecule has 0 radical (unpaired) electrons. The summed E-state index contributed by atoms with van der Waals surface area (Å²) in [4.78, 5) is 14.4. The van der Waals surface area contributed by atoms with E-state index >= 15 is 0 Å². The normalized spacial score (nSPS) is 21.4. The van der Waals surface area contributed by atoms with E-state index in [0.717, 1.165) is 12.1 Å². The van der Waals surface area contributed by atoms with Crippen molar-refractivity contribution in [1.29, 1.82) is 0 Å². The molecule has 2 atom stereocenters. The van der Waals surface area contributed by atoms with Crippen LogP contribution in [0.25, 0.3) is 0 Å². The Morgan fingerprint density at radius 1 is 1.36 bits per heavy atom. The second-order valence-electron chi connectivity index (χ2n) is 6.82. The zero-order valence-corrected chi connectivity index (χ0v) is 13.7. The summed E-state index contributed by atoms with van der Waals surface area (Å²) in [5.74, 6) is -0.235. The van der Waals surface area contributed by atoms with Crippen molar-refractivity contribution in [3.8, 4) is 0 Å². The molecule has 5 heteroatoms. The molecule has 1 aliphatic rings. The minimum absolute atomic E-state index is 0.0206. The summed E-state index contributed by atoms with van der Waals surface area (Å²) in [7, 11) is 0. The molecule has 1 amide bonds. The van der Waals surface area contributed by atoms with Crippen molar-refractivity contribution in [1.82, 2.24) is 10.2 Å². The minimum Gasteiger partial charge on any atom is -0.371 e. The Hall–Kier alpha value is -1.46. The van der Waals surface area contributed by atoms with Gasteiger partial charge in [-0.1, -0.05) is 12.1 Å². The van der Waals surface area contributed by atoms with Gasteiger partial charge in [-0.05, 0) is 45.4 Å². The van der Waals surface area contributed by atoms with Crippen LogP contribution in [0.5, 0.6) is 0 Å². The van der Waals surface area contributed by atoms with Crippen molar-refractivity contribution >= 4 is 5.91 Å². The quantitative estimate of drug-likeness (QED) is 0.933. The summed E-state index contributed by atoms with van der Waals surface area (Å²) in [6, 6.07) is 6.14. The van der Waals surface area contributed by atoms with Crippen LogP contribution in [-0.4, -0.2) is 42.1 Å². The molecule has 0 saturated carbocycles. The predicted molar refractivity (Wildman–Crippen MR) is 84.0 cm³/mol. The molecule has 0 spiro atoms. The molecule has 2 rings (SSSR count). The number of hydrogen-bond acceptors (Lipinski definition) is 3. The third-order valence-corrected chi connectivity index (χ3v) is 3.77. The van der Waals surface area contributed by atoms with E-state index in [1.807, 2.05) is 27.7 Å². The van der Waals surface area contributed by atoms with Crippen LogP contribution in [0.4, 0.5) is 4.39 Å². The zero-order chi connectivity index (χ0) is 16.3. The van der Waals surface area contributed by atoms with Crippen LogP contribution in [0.2, 0.25) is 0 Å². The predicted octanol–water partition coefficient (Wildman–Crippen LogP) is 2.50. The number of morpholine rings is 1. The van der Waals surface area contributed by atoms with Crippen LogP contribution < -0.4 is 5.32 Å². The van der Waals surface area contributed by atoms with Crippen LogP contribution in [0, 0.1) is 5.82 Å². The fourth-order valence-corrected chi connectivity index (χ4v) is 2.54. The van der Waals surface area contributed by atoms with E-state index in [9.17, 15) is 9.18 Å². The second-order valence-corrected chi connectivity index (χ2v) is 6.82. The van der Waals surface area contributed by atoms with E-state index in [1.54, 1.807) is 12.1 Å². The van der Waals surface area contributed by atoms with Gasteiger partial charge in [-0.3, -0.25) is 9.69 Å². The number of nitrogens with one attached hydrogen (secondary N) is 1. The Morgan fingerprint density at radius 3 is 2.59 bits per heavy atom. The standard InChI is InChI=1S/C17H25FN2O2/c1-12(16(21)19-17(2,3)4)20-9-10-22-15(11-20)13-5-7-14(18)8-6-13/h5-8,12,15H,9-11H2,1-4H3,(H,19,21). The molecule has 122 valence electrons. The largest absolute Gasteiger partial charge is 0.371 e. The van der Waals surface area contributed by atoms with Crippen LogP contribution in [-0.2, 0) is 9.53 Å². The fourth-order valence-electron chi connectivity index (χ4n) is 2.54. The number of halogens is 1. The molecule has 0 bridgehead atoms. The van der Waals surface area contributed by atoms with Gasteiger partial charge in [-0.25, -0.2) is 4.39 Å². The van der Waals surface area contributed by atoms with Gasteiger partial charge in [0.25, 0.3) is 0 Å². The Bertz CT molecular complexity index is 510. The lowest BCUT2D eigenvalue weighted by Crippen LogP contribution is -2.53. The number of rotatable bonds is 3. The molecule has 1 aromatic carbocycles. The number of hydrogen-bond donors (Lipinski definition) is 1. The zero-order valence-electron chi connectivity index (χ0n) is 13.7. The van der Waals surface area contributed by atoms with Gasteiger partial charge in [0.05, 0.1) is 18.8 Å². The Kier molecular flexibility index (Phi) is 5.19. The highest BCUT2D eigenvalue weighted by Gasteiger charge is 2.30. The Labute approximate surface area is 131 Å². The highest BCUT2D eigenvalue weighted by Crippen LogP contribution is 2.23. The number of nitrogens with zero attached hydrogens (tertiary/aromatic N) is 1. The number of amides is 1. The summed E-state index contributed by atoms with van der Waals surface area (Å²) in [6.45, 7) is 9.73. The molecule has 4 nitrogen and oxygen atoms in total. The average Bonchev–Trinajstić information content (AvgIpc) is 2.45. The Balaban J connectivity index is 2.00. The summed E-state index contributed by atoms with van der Waals surface area (Å²) in [5, 5.41) is 3.01. The third-order valence-electron chi connectivity index (χ3n) is 3.77. The van der Waals surface area contributed by atoms with Crippen molar-refractivity contribution in [2.45, 2.75) is 45.4 Å². The molecule has 1 saturated heterocycles. The smallest absolute Gasteiger partial charge is 0.237 e. The van der Waals surface area contributed by atoms with E-state index in [-0.39, 0.29) is 29.4 Å². The molecular weight excluding hydrogens is 283 g/mol. The lowest BCUT2D eigenvalue weighted by atomic mass is 10.1. The molecule has 1 N–H and O–H groups in total. The van der Waals surface area contributed by atoms with Gasteiger partial charge in [-0.2, -0.15) is 0 Å². The number of benzene rings is 1. The van der Waals surface area contributed by atoms with Gasteiger partial charge in [0.15, 0.2) is 0 Å². The molecule has 0 aromatic heterocycles. The molecule has 1 fully saturated rings. The summed E-state index contributed by atoms with van der Waals surface area (Å²) in [6.07, 6.45) is -0.126. The van der Waals surface area contributed by atoms with Crippen molar-refractivity contribution in [3.05, 3.63) is 35.6 Å². The van der Waals surface area contributed by atoms with Gasteiger partial charge in [-0.15, -0.1) is 0 Å². The molecule has 1 heterocycles. The minimum atomic E-state index is -0.255. The number of ether oxygens (including phenoxy) is 1. The Morgan fingerprint density at radius 2 is 2.00 bits per heavy atom. The molecule has 1 aliphatic heterocycles. The molecule has 1 aromatic rings. The topological polar surface area (TPSA) is 41.6 Å². The summed E-state index contributed by atoms with van der Waals surface area (Å²) in [5.41, 5.74) is 0.697. The van der Waals surface area contributed by atoms with Crippen LogP contribution in [0.15, 0.2) is 24.3 Å². The maximum Gasteiger partial charge on any atom is 0.237 e. The van der Waals surface area contributed by atoms with Gasteiger partial charge in [0.2, 0.25) is 5.91 Å². The van der Waals surface area contributed by atoms with E-state index in [0.29, 0.717) is 13.2 Å². The van der Waals surface area contributed by atoms with Crippen molar-refractivity contribution in [2.75, 3.05) is 19.7 Å². The lowest BCUT2D eigenvalue weighted by molar-refractivity contribution is -0.130. The van der Waals surface area contributed by atoms with E-state index in [1.165, 1.54) is 12.1 Å². The van der Waals surface area contributed by atoms with Crippen LogP contribution in [0.3, 0.4) is 0 Å². The van der Waals surface area contributed by atoms with Gasteiger partial charge in [0, 0.05) is 18.6 Å². The highest BCUT2D eigenvalue weighted by atomic mass is 19.1. The first-order chi connectivity index (χ1) is 10.3. The van der Waals surface area contributed by atoms with Crippen molar-refractivity contribution in [3.63, 3.8) is 0 Å². The second kappa shape index (κ2) is 6.75. The highest BCUT2D eigenvalue weighted by molar-refractivity contribution is 5.81. The monoisotopic (exact) mass is 308 g/mol. The SMILES string of the molecule is CC(C(=O)NC(C)(C)C)N1CCOC(c2ccc(F)cc2)C1. The van der Waals surface area contributed by atoms with Gasteiger partial charge < -0.3 is 10.1 Å². The third kappa shape index (κ3) is 4.52. The molecular formula is C17H25FN2O2. The first-order valence-electron chi connectivity index (χ1n) is 7.69. The lowest BCUT2D eigenvalue weighted by Gasteiger charge is -2.37. The summed E-state index contributed by atoms with van der Waals surface area (Å²) >= 11 is 0. The van der Waals surface area contributed by atoms with E-state index in [2.05, 4.69) is 10.2 Å².